The monoisotopic (exact) mass is 400 g/mol. The molecule has 0 fully saturated rings. The zero-order chi connectivity index (χ0) is 19.2. The molecule has 0 unspecified atom stereocenters. The first-order valence-electron chi connectivity index (χ1n) is 7.72. The minimum Gasteiger partial charge on any atom is -0.327 e. The standard InChI is InChI=1S/C18H16ClF3N2OS/c1-2-24(12-15-8-9-16(19)26-15)17(25)23-10-4-6-13-5-3-7-14(11-13)18(20,21)22/h3,5,7-9,11H,2,10,12H2,1H3,(H,23,25). The molecule has 0 aliphatic rings. The molecule has 0 radical (unpaired) electrons. The van der Waals surface area contributed by atoms with Gasteiger partial charge in [0.2, 0.25) is 0 Å². The highest BCUT2D eigenvalue weighted by atomic mass is 35.5. The Bertz CT molecular complexity index is 824. The number of benzene rings is 1. The summed E-state index contributed by atoms with van der Waals surface area (Å²) >= 11 is 7.28. The van der Waals surface area contributed by atoms with Gasteiger partial charge in [0.15, 0.2) is 0 Å². The number of alkyl halides is 3. The summed E-state index contributed by atoms with van der Waals surface area (Å²) in [6.07, 6.45) is -4.40. The predicted octanol–water partition coefficient (Wildman–Crippen LogP) is 5.00. The van der Waals surface area contributed by atoms with Gasteiger partial charge >= 0.3 is 12.2 Å². The average molecular weight is 401 g/mol. The van der Waals surface area contributed by atoms with Crippen molar-refractivity contribution >= 4 is 29.0 Å². The van der Waals surface area contributed by atoms with E-state index in [0.717, 1.165) is 17.0 Å². The lowest BCUT2D eigenvalue weighted by molar-refractivity contribution is -0.137. The molecule has 2 rings (SSSR count). The number of carbonyl (C=O) groups is 1. The maximum Gasteiger partial charge on any atom is 0.416 e. The van der Waals surface area contributed by atoms with Gasteiger partial charge < -0.3 is 10.2 Å². The number of halogens is 4. The SMILES string of the molecule is CCN(Cc1ccc(Cl)s1)C(=O)NCC#Cc1cccc(C(F)(F)F)c1. The lowest BCUT2D eigenvalue weighted by atomic mass is 10.1. The second-order valence-electron chi connectivity index (χ2n) is 5.26. The van der Waals surface area contributed by atoms with Crippen molar-refractivity contribution < 1.29 is 18.0 Å². The molecule has 0 aliphatic carbocycles. The van der Waals surface area contributed by atoms with Crippen LogP contribution in [-0.4, -0.2) is 24.0 Å². The van der Waals surface area contributed by atoms with Crippen LogP contribution >= 0.6 is 22.9 Å². The summed E-state index contributed by atoms with van der Waals surface area (Å²) in [5.41, 5.74) is -0.505. The van der Waals surface area contributed by atoms with E-state index in [1.807, 2.05) is 13.0 Å². The summed E-state index contributed by atoms with van der Waals surface area (Å²) in [6.45, 7) is 2.82. The molecule has 0 bridgehead atoms. The van der Waals surface area contributed by atoms with Crippen LogP contribution in [-0.2, 0) is 12.7 Å². The van der Waals surface area contributed by atoms with E-state index in [2.05, 4.69) is 17.2 Å². The van der Waals surface area contributed by atoms with Crippen LogP contribution in [0.3, 0.4) is 0 Å². The van der Waals surface area contributed by atoms with Gasteiger partial charge in [0, 0.05) is 17.0 Å². The Morgan fingerprint density at radius 1 is 1.31 bits per heavy atom. The largest absolute Gasteiger partial charge is 0.416 e. The number of nitrogens with one attached hydrogen (secondary N) is 1. The van der Waals surface area contributed by atoms with E-state index in [1.54, 1.807) is 11.0 Å². The first-order valence-corrected chi connectivity index (χ1v) is 8.92. The van der Waals surface area contributed by atoms with Gasteiger partial charge in [-0.3, -0.25) is 0 Å². The number of thiophene rings is 1. The zero-order valence-corrected chi connectivity index (χ0v) is 15.4. The first kappa shape index (κ1) is 20.1. The fraction of sp³-hybridized carbons (Fsp3) is 0.278. The van der Waals surface area contributed by atoms with Crippen molar-refractivity contribution in [1.29, 1.82) is 0 Å². The summed E-state index contributed by atoms with van der Waals surface area (Å²) in [4.78, 5) is 14.7. The second kappa shape index (κ2) is 8.97. The molecule has 2 aromatic rings. The van der Waals surface area contributed by atoms with Crippen LogP contribution in [0.4, 0.5) is 18.0 Å². The number of nitrogens with zero attached hydrogens (tertiary/aromatic N) is 1. The van der Waals surface area contributed by atoms with Crippen molar-refractivity contribution in [2.24, 2.45) is 0 Å². The molecule has 3 nitrogen and oxygen atoms in total. The van der Waals surface area contributed by atoms with Crippen LogP contribution in [0, 0.1) is 11.8 Å². The highest BCUT2D eigenvalue weighted by Crippen LogP contribution is 2.29. The third-order valence-electron chi connectivity index (χ3n) is 3.40. The molecule has 1 heterocycles. The summed E-state index contributed by atoms with van der Waals surface area (Å²) < 4.78 is 38.6. The number of carbonyl (C=O) groups excluding carboxylic acids is 1. The third kappa shape index (κ3) is 5.97. The van der Waals surface area contributed by atoms with E-state index in [4.69, 9.17) is 11.6 Å². The molecule has 0 saturated carbocycles. The maximum atomic E-state index is 12.7. The van der Waals surface area contributed by atoms with Gasteiger partial charge in [0.1, 0.15) is 0 Å². The van der Waals surface area contributed by atoms with Crippen molar-refractivity contribution in [3.63, 3.8) is 0 Å². The number of hydrogen-bond donors (Lipinski definition) is 1. The topological polar surface area (TPSA) is 32.3 Å². The van der Waals surface area contributed by atoms with Gasteiger partial charge in [-0.1, -0.05) is 29.5 Å². The Balaban J connectivity index is 1.90. The van der Waals surface area contributed by atoms with Crippen LogP contribution in [0.25, 0.3) is 0 Å². The zero-order valence-electron chi connectivity index (χ0n) is 13.9. The van der Waals surface area contributed by atoms with E-state index in [1.165, 1.54) is 23.5 Å². The fourth-order valence-electron chi connectivity index (χ4n) is 2.10. The summed E-state index contributed by atoms with van der Waals surface area (Å²) in [5, 5.41) is 2.64. The molecule has 138 valence electrons. The Labute approximate surface area is 158 Å². The number of hydrogen-bond acceptors (Lipinski definition) is 2. The number of urea groups is 1. The van der Waals surface area contributed by atoms with Crippen LogP contribution in [0.1, 0.15) is 22.9 Å². The van der Waals surface area contributed by atoms with Crippen molar-refractivity contribution in [1.82, 2.24) is 10.2 Å². The van der Waals surface area contributed by atoms with Crippen LogP contribution < -0.4 is 5.32 Å². The lowest BCUT2D eigenvalue weighted by Crippen LogP contribution is -2.39. The molecule has 2 amide bonds. The maximum absolute atomic E-state index is 12.7. The predicted molar refractivity (Wildman–Crippen MR) is 97.1 cm³/mol. The minimum absolute atomic E-state index is 0.0385. The Kier molecular flexibility index (Phi) is 6.95. The molecule has 1 aromatic heterocycles. The van der Waals surface area contributed by atoms with Crippen molar-refractivity contribution in [3.05, 3.63) is 56.7 Å². The minimum atomic E-state index is -4.40. The van der Waals surface area contributed by atoms with Gasteiger partial charge in [-0.05, 0) is 37.3 Å². The molecular weight excluding hydrogens is 385 g/mol. The van der Waals surface area contributed by atoms with E-state index >= 15 is 0 Å². The molecule has 0 atom stereocenters. The van der Waals surface area contributed by atoms with E-state index in [-0.39, 0.29) is 18.1 Å². The number of rotatable bonds is 4. The normalized spacial score (nSPS) is 10.8. The fourth-order valence-corrected chi connectivity index (χ4v) is 3.21. The molecule has 0 saturated heterocycles. The quantitative estimate of drug-likeness (QED) is 0.719. The summed E-state index contributed by atoms with van der Waals surface area (Å²) in [7, 11) is 0. The molecular formula is C18H16ClF3N2OS. The van der Waals surface area contributed by atoms with Crippen LogP contribution in [0.5, 0.6) is 0 Å². The van der Waals surface area contributed by atoms with E-state index in [9.17, 15) is 18.0 Å². The van der Waals surface area contributed by atoms with Gasteiger partial charge in [0.05, 0.1) is 23.0 Å². The van der Waals surface area contributed by atoms with Crippen molar-refractivity contribution in [3.8, 4) is 11.8 Å². The Morgan fingerprint density at radius 2 is 2.08 bits per heavy atom. The van der Waals surface area contributed by atoms with E-state index in [0.29, 0.717) is 17.4 Å². The molecule has 0 spiro atoms. The van der Waals surface area contributed by atoms with Gasteiger partial charge in [-0.2, -0.15) is 13.2 Å². The van der Waals surface area contributed by atoms with Crippen LogP contribution in [0.15, 0.2) is 36.4 Å². The first-order chi connectivity index (χ1) is 12.3. The smallest absolute Gasteiger partial charge is 0.327 e. The van der Waals surface area contributed by atoms with E-state index < -0.39 is 11.7 Å². The molecule has 1 N–H and O–H groups in total. The van der Waals surface area contributed by atoms with Gasteiger partial charge in [-0.15, -0.1) is 11.3 Å². The Morgan fingerprint density at radius 3 is 2.69 bits per heavy atom. The lowest BCUT2D eigenvalue weighted by Gasteiger charge is -2.19. The highest BCUT2D eigenvalue weighted by Gasteiger charge is 2.30. The van der Waals surface area contributed by atoms with Crippen molar-refractivity contribution in [2.75, 3.05) is 13.1 Å². The molecule has 8 heteroatoms. The van der Waals surface area contributed by atoms with Crippen LogP contribution in [0.2, 0.25) is 4.34 Å². The molecule has 0 aliphatic heterocycles. The molecule has 26 heavy (non-hydrogen) atoms. The highest BCUT2D eigenvalue weighted by molar-refractivity contribution is 7.16. The van der Waals surface area contributed by atoms with Crippen molar-refractivity contribution in [2.45, 2.75) is 19.6 Å². The van der Waals surface area contributed by atoms with Gasteiger partial charge in [0.25, 0.3) is 0 Å². The molecule has 1 aromatic carbocycles. The summed E-state index contributed by atoms with van der Waals surface area (Å²) in [5.74, 6) is 5.29. The second-order valence-corrected chi connectivity index (χ2v) is 7.06. The average Bonchev–Trinajstić information content (AvgIpc) is 3.01. The summed E-state index contributed by atoms with van der Waals surface area (Å²) in [6, 6.07) is 8.09. The Hall–Kier alpha value is -2.17. The van der Waals surface area contributed by atoms with Gasteiger partial charge in [-0.25, -0.2) is 4.79 Å². The number of amides is 2. The third-order valence-corrected chi connectivity index (χ3v) is 4.61.